The lowest BCUT2D eigenvalue weighted by molar-refractivity contribution is 0.602. The first-order valence-electron chi connectivity index (χ1n) is 5.90. The van der Waals surface area contributed by atoms with Crippen LogP contribution in [-0.2, 0) is 16.3 Å². The van der Waals surface area contributed by atoms with Crippen molar-refractivity contribution in [3.05, 3.63) is 54.1 Å². The van der Waals surface area contributed by atoms with E-state index in [0.29, 0.717) is 4.90 Å². The van der Waals surface area contributed by atoms with Gasteiger partial charge in [-0.3, -0.25) is 0 Å². The van der Waals surface area contributed by atoms with Crippen LogP contribution in [0.2, 0.25) is 0 Å². The smallest absolute Gasteiger partial charge is 0.175 e. The van der Waals surface area contributed by atoms with E-state index in [1.54, 1.807) is 12.1 Å². The van der Waals surface area contributed by atoms with Gasteiger partial charge in [-0.15, -0.1) is 0 Å². The summed E-state index contributed by atoms with van der Waals surface area (Å²) in [6.07, 6.45) is 2.24. The average molecular weight is 260 g/mol. The first kappa shape index (κ1) is 12.8. The summed E-state index contributed by atoms with van der Waals surface area (Å²) < 4.78 is 22.7. The Kier molecular flexibility index (Phi) is 3.53. The molecule has 0 bridgehead atoms. The van der Waals surface area contributed by atoms with Gasteiger partial charge >= 0.3 is 0 Å². The summed E-state index contributed by atoms with van der Waals surface area (Å²) in [7, 11) is -3.11. The third-order valence-corrected chi connectivity index (χ3v) is 4.11. The summed E-state index contributed by atoms with van der Waals surface area (Å²) >= 11 is 0. The summed E-state index contributed by atoms with van der Waals surface area (Å²) in [5.74, 6) is 0. The van der Waals surface area contributed by atoms with Crippen LogP contribution < -0.4 is 0 Å². The molecule has 0 radical (unpaired) electrons. The summed E-state index contributed by atoms with van der Waals surface area (Å²) in [6, 6.07) is 15.3. The van der Waals surface area contributed by atoms with Crippen molar-refractivity contribution >= 4 is 9.84 Å². The molecule has 2 nitrogen and oxygen atoms in total. The van der Waals surface area contributed by atoms with E-state index in [2.05, 4.69) is 31.2 Å². The van der Waals surface area contributed by atoms with Gasteiger partial charge < -0.3 is 0 Å². The van der Waals surface area contributed by atoms with E-state index < -0.39 is 9.84 Å². The van der Waals surface area contributed by atoms with Gasteiger partial charge in [0.1, 0.15) is 0 Å². The Balaban J connectivity index is 2.34. The highest BCUT2D eigenvalue weighted by Crippen LogP contribution is 2.21. The van der Waals surface area contributed by atoms with Crippen molar-refractivity contribution in [1.29, 1.82) is 0 Å². The molecule has 0 aromatic heterocycles. The highest BCUT2D eigenvalue weighted by molar-refractivity contribution is 7.90. The molecule has 18 heavy (non-hydrogen) atoms. The van der Waals surface area contributed by atoms with Crippen molar-refractivity contribution in [2.24, 2.45) is 0 Å². The monoisotopic (exact) mass is 260 g/mol. The fourth-order valence-corrected chi connectivity index (χ4v) is 2.46. The molecule has 0 unspecified atom stereocenters. The maximum Gasteiger partial charge on any atom is 0.175 e. The average Bonchev–Trinajstić information content (AvgIpc) is 2.38. The quantitative estimate of drug-likeness (QED) is 0.848. The minimum absolute atomic E-state index is 0.358. The second-order valence-corrected chi connectivity index (χ2v) is 6.36. The Hall–Kier alpha value is -1.61. The first-order valence-corrected chi connectivity index (χ1v) is 7.79. The standard InChI is InChI=1S/C15H16O2S/c1-3-12-4-6-13(7-5-12)14-8-10-15(11-9-14)18(2,16)17/h4-11H,3H2,1-2H3. The van der Waals surface area contributed by atoms with Gasteiger partial charge in [-0.2, -0.15) is 0 Å². The molecule has 0 spiro atoms. The summed E-state index contributed by atoms with van der Waals surface area (Å²) in [5, 5.41) is 0. The van der Waals surface area contributed by atoms with Crippen LogP contribution >= 0.6 is 0 Å². The number of rotatable bonds is 3. The van der Waals surface area contributed by atoms with Crippen LogP contribution in [0.5, 0.6) is 0 Å². The molecule has 94 valence electrons. The van der Waals surface area contributed by atoms with E-state index in [0.717, 1.165) is 17.5 Å². The van der Waals surface area contributed by atoms with Crippen molar-refractivity contribution in [2.45, 2.75) is 18.2 Å². The largest absolute Gasteiger partial charge is 0.224 e. The Morgan fingerprint density at radius 2 is 1.28 bits per heavy atom. The van der Waals surface area contributed by atoms with E-state index >= 15 is 0 Å². The molecule has 2 aromatic carbocycles. The van der Waals surface area contributed by atoms with Gasteiger partial charge in [0, 0.05) is 6.26 Å². The number of benzene rings is 2. The molecule has 0 amide bonds. The van der Waals surface area contributed by atoms with Crippen molar-refractivity contribution in [3.8, 4) is 11.1 Å². The van der Waals surface area contributed by atoms with Crippen LogP contribution in [0.25, 0.3) is 11.1 Å². The van der Waals surface area contributed by atoms with Crippen molar-refractivity contribution in [1.82, 2.24) is 0 Å². The van der Waals surface area contributed by atoms with Gasteiger partial charge in [0.25, 0.3) is 0 Å². The minimum Gasteiger partial charge on any atom is -0.224 e. The van der Waals surface area contributed by atoms with Crippen molar-refractivity contribution in [2.75, 3.05) is 6.26 Å². The zero-order valence-corrected chi connectivity index (χ0v) is 11.4. The Morgan fingerprint density at radius 3 is 1.67 bits per heavy atom. The first-order chi connectivity index (χ1) is 8.50. The molecule has 0 atom stereocenters. The molecule has 0 aliphatic heterocycles. The number of hydrogen-bond donors (Lipinski definition) is 0. The minimum atomic E-state index is -3.11. The normalized spacial score (nSPS) is 11.4. The van der Waals surface area contributed by atoms with E-state index in [1.165, 1.54) is 11.8 Å². The molecular weight excluding hydrogens is 244 g/mol. The fraction of sp³-hybridized carbons (Fsp3) is 0.200. The zero-order chi connectivity index (χ0) is 13.2. The fourth-order valence-electron chi connectivity index (χ4n) is 1.83. The number of sulfone groups is 1. The SMILES string of the molecule is CCc1ccc(-c2ccc(S(C)(=O)=O)cc2)cc1. The molecule has 2 rings (SSSR count). The second-order valence-electron chi connectivity index (χ2n) is 4.35. The van der Waals surface area contributed by atoms with Crippen LogP contribution in [0, 0.1) is 0 Å². The van der Waals surface area contributed by atoms with Gasteiger partial charge in [-0.25, -0.2) is 8.42 Å². The van der Waals surface area contributed by atoms with Crippen molar-refractivity contribution in [3.63, 3.8) is 0 Å². The van der Waals surface area contributed by atoms with Crippen molar-refractivity contribution < 1.29 is 8.42 Å². The van der Waals surface area contributed by atoms with E-state index in [9.17, 15) is 8.42 Å². The van der Waals surface area contributed by atoms with Crippen LogP contribution in [0.15, 0.2) is 53.4 Å². The number of aryl methyl sites for hydroxylation is 1. The molecule has 0 fully saturated rings. The molecule has 0 aliphatic rings. The molecule has 3 heteroatoms. The summed E-state index contributed by atoms with van der Waals surface area (Å²) in [5.41, 5.74) is 3.43. The molecular formula is C15H16O2S. The highest BCUT2D eigenvalue weighted by Gasteiger charge is 2.06. The lowest BCUT2D eigenvalue weighted by Gasteiger charge is -2.04. The predicted octanol–water partition coefficient (Wildman–Crippen LogP) is 3.32. The van der Waals surface area contributed by atoms with Crippen LogP contribution in [-0.4, -0.2) is 14.7 Å². The summed E-state index contributed by atoms with van der Waals surface area (Å²) in [6.45, 7) is 2.12. The molecule has 0 N–H and O–H groups in total. The van der Waals surface area contributed by atoms with Crippen LogP contribution in [0.1, 0.15) is 12.5 Å². The van der Waals surface area contributed by atoms with E-state index in [1.807, 2.05) is 12.1 Å². The summed E-state index contributed by atoms with van der Waals surface area (Å²) in [4.78, 5) is 0.358. The molecule has 0 aliphatic carbocycles. The van der Waals surface area contributed by atoms with E-state index in [-0.39, 0.29) is 0 Å². The van der Waals surface area contributed by atoms with Gasteiger partial charge in [0.2, 0.25) is 0 Å². The van der Waals surface area contributed by atoms with E-state index in [4.69, 9.17) is 0 Å². The van der Waals surface area contributed by atoms with Gasteiger partial charge in [0.15, 0.2) is 9.84 Å². The molecule has 0 saturated heterocycles. The molecule has 0 saturated carbocycles. The zero-order valence-electron chi connectivity index (χ0n) is 10.6. The second kappa shape index (κ2) is 4.94. The molecule has 2 aromatic rings. The predicted molar refractivity (Wildman–Crippen MR) is 74.4 cm³/mol. The highest BCUT2D eigenvalue weighted by atomic mass is 32.2. The van der Waals surface area contributed by atoms with Crippen LogP contribution in [0.3, 0.4) is 0 Å². The van der Waals surface area contributed by atoms with Gasteiger partial charge in [-0.05, 0) is 35.2 Å². The Bertz CT molecular complexity index is 623. The lowest BCUT2D eigenvalue weighted by atomic mass is 10.0. The topological polar surface area (TPSA) is 34.1 Å². The van der Waals surface area contributed by atoms with Gasteiger partial charge in [0.05, 0.1) is 4.90 Å². The maximum atomic E-state index is 11.4. The maximum absolute atomic E-state index is 11.4. The lowest BCUT2D eigenvalue weighted by Crippen LogP contribution is -1.96. The Morgan fingerprint density at radius 1 is 0.833 bits per heavy atom. The number of hydrogen-bond acceptors (Lipinski definition) is 2. The third-order valence-electron chi connectivity index (χ3n) is 2.98. The van der Waals surface area contributed by atoms with Crippen LogP contribution in [0.4, 0.5) is 0 Å². The van der Waals surface area contributed by atoms with Gasteiger partial charge in [-0.1, -0.05) is 43.3 Å². The Labute approximate surface area is 108 Å². The third kappa shape index (κ3) is 2.79. The molecule has 0 heterocycles.